The van der Waals surface area contributed by atoms with Gasteiger partial charge in [0.1, 0.15) is 0 Å². The Kier molecular flexibility index (Phi) is 54.6. The number of hydrogen-bond acceptors (Lipinski definition) is 6. The Morgan fingerprint density at radius 1 is 0.521 bits per heavy atom. The second-order valence-electron chi connectivity index (χ2n) is 22.0. The summed E-state index contributed by atoms with van der Waals surface area (Å²) in [6.45, 7) is 52.1. The van der Waals surface area contributed by atoms with Gasteiger partial charge in [-0.3, -0.25) is 9.88 Å². The van der Waals surface area contributed by atoms with Crippen LogP contribution in [0.25, 0.3) is 5.32 Å². The van der Waals surface area contributed by atoms with E-state index in [4.69, 9.17) is 0 Å². The summed E-state index contributed by atoms with van der Waals surface area (Å²) >= 11 is 0. The second-order valence-corrected chi connectivity index (χ2v) is 22.0. The minimum absolute atomic E-state index is 0. The SMILES string of the molecule is C.C.CC.CC(C)C1=CCN(C)CC1.CC(C)C1=CCN(C)CC1.CC(C)C1CC[N-]CC1.CC(C)N1CCN(C)CC1.CC(C)N1CC[CH-]CC1.CC(C)c1ccccc1.Cc1ccc(C(C)C)cn1.[W].[W]. The summed E-state index contributed by atoms with van der Waals surface area (Å²) in [7, 11) is 6.54. The molecule has 0 N–H and O–H groups in total. The van der Waals surface area contributed by atoms with Crippen molar-refractivity contribution in [2.75, 3.05) is 99.7 Å². The molecule has 73 heavy (non-hydrogen) atoms. The van der Waals surface area contributed by atoms with Gasteiger partial charge in [0.2, 0.25) is 0 Å². The van der Waals surface area contributed by atoms with E-state index in [1.54, 1.807) is 11.1 Å². The first-order valence-corrected chi connectivity index (χ1v) is 28.0. The summed E-state index contributed by atoms with van der Waals surface area (Å²) in [5.41, 5.74) is 7.09. The molecule has 7 nitrogen and oxygen atoms in total. The van der Waals surface area contributed by atoms with Crippen molar-refractivity contribution in [2.24, 2.45) is 23.7 Å². The van der Waals surface area contributed by atoms with Gasteiger partial charge in [-0.25, -0.2) is 0 Å². The van der Waals surface area contributed by atoms with Crippen LogP contribution in [0.3, 0.4) is 0 Å². The first kappa shape index (κ1) is 80.8. The number of aryl methyl sites for hydroxylation is 1. The second kappa shape index (κ2) is 49.3. The molecule has 5 aliphatic heterocycles. The Morgan fingerprint density at radius 3 is 1.23 bits per heavy atom. The van der Waals surface area contributed by atoms with Crippen LogP contribution in [0.2, 0.25) is 0 Å². The number of piperidine rings is 2. The molecule has 7 rings (SSSR count). The number of likely N-dealkylation sites (tertiary alicyclic amines) is 1. The van der Waals surface area contributed by atoms with Crippen LogP contribution in [0.4, 0.5) is 0 Å². The number of benzene rings is 1. The van der Waals surface area contributed by atoms with Gasteiger partial charge < -0.3 is 31.3 Å². The summed E-state index contributed by atoms with van der Waals surface area (Å²) in [5.74, 6) is 4.60. The van der Waals surface area contributed by atoms with Crippen molar-refractivity contribution in [3.05, 3.63) is 101 Å². The topological polar surface area (TPSA) is 43.2 Å². The molecule has 9 heteroatoms. The number of piperazine rings is 1. The summed E-state index contributed by atoms with van der Waals surface area (Å²) in [6.07, 6.45) is 16.9. The van der Waals surface area contributed by atoms with E-state index in [0.29, 0.717) is 11.8 Å². The molecular formula is C64H123N7W2-2. The minimum atomic E-state index is 0. The molecule has 0 aliphatic carbocycles. The molecule has 6 heterocycles. The monoisotopic (exact) mass is 1360 g/mol. The van der Waals surface area contributed by atoms with E-state index in [1.807, 2.05) is 33.0 Å². The maximum absolute atomic E-state index is 4.31. The molecule has 5 aliphatic rings. The van der Waals surface area contributed by atoms with Gasteiger partial charge in [-0.05, 0) is 134 Å². The van der Waals surface area contributed by atoms with Crippen molar-refractivity contribution in [1.29, 1.82) is 0 Å². The molecule has 0 radical (unpaired) electrons. The van der Waals surface area contributed by atoms with Crippen LogP contribution >= 0.6 is 0 Å². The van der Waals surface area contributed by atoms with Crippen molar-refractivity contribution in [2.45, 2.75) is 195 Å². The van der Waals surface area contributed by atoms with Crippen molar-refractivity contribution in [3.8, 4) is 0 Å². The first-order chi connectivity index (χ1) is 32.7. The van der Waals surface area contributed by atoms with Crippen molar-refractivity contribution < 1.29 is 42.1 Å². The van der Waals surface area contributed by atoms with Gasteiger partial charge in [0.25, 0.3) is 0 Å². The van der Waals surface area contributed by atoms with Gasteiger partial charge in [0, 0.05) is 118 Å². The van der Waals surface area contributed by atoms with E-state index >= 15 is 0 Å². The minimum Gasteiger partial charge on any atom is -0.662 e. The number of hydrogen-bond donors (Lipinski definition) is 0. The molecule has 3 saturated heterocycles. The third kappa shape index (κ3) is 40.8. The van der Waals surface area contributed by atoms with Crippen LogP contribution in [-0.2, 0) is 42.1 Å². The zero-order valence-corrected chi connectivity index (χ0v) is 56.0. The van der Waals surface area contributed by atoms with Crippen LogP contribution in [0.5, 0.6) is 0 Å². The zero-order valence-electron chi connectivity index (χ0n) is 50.1. The first-order valence-electron chi connectivity index (χ1n) is 28.0. The Morgan fingerprint density at radius 2 is 0.945 bits per heavy atom. The molecule has 0 amide bonds. The van der Waals surface area contributed by atoms with Gasteiger partial charge >= 0.3 is 0 Å². The number of likely N-dealkylation sites (N-methyl/N-ethyl adjacent to an activating group) is 3. The number of nitrogens with zero attached hydrogens (tertiary/aromatic N) is 7. The molecule has 3 fully saturated rings. The van der Waals surface area contributed by atoms with Gasteiger partial charge in [-0.2, -0.15) is 12.8 Å². The predicted octanol–water partition coefficient (Wildman–Crippen LogP) is 16.2. The van der Waals surface area contributed by atoms with Crippen LogP contribution in [0.15, 0.2) is 72.0 Å². The van der Waals surface area contributed by atoms with E-state index in [0.717, 1.165) is 67.6 Å². The molecule has 0 unspecified atom stereocenters. The third-order valence-electron chi connectivity index (χ3n) is 13.9. The summed E-state index contributed by atoms with van der Waals surface area (Å²) in [6, 6.07) is 16.2. The predicted molar refractivity (Wildman–Crippen MR) is 324 cm³/mol. The molecule has 1 aromatic carbocycles. The molecule has 2 aromatic rings. The fourth-order valence-corrected chi connectivity index (χ4v) is 8.34. The number of pyridine rings is 1. The Bertz CT molecular complexity index is 1460. The molecular weight excluding hydrogens is 1230 g/mol. The zero-order chi connectivity index (χ0) is 52.3. The molecule has 428 valence electrons. The fourth-order valence-electron chi connectivity index (χ4n) is 8.34. The summed E-state index contributed by atoms with van der Waals surface area (Å²) < 4.78 is 0. The Labute approximate surface area is 487 Å². The average Bonchev–Trinajstić information content (AvgIpc) is 3.35. The van der Waals surface area contributed by atoms with Crippen LogP contribution in [0.1, 0.15) is 193 Å². The van der Waals surface area contributed by atoms with E-state index in [9.17, 15) is 0 Å². The largest absolute Gasteiger partial charge is 0.662 e. The van der Waals surface area contributed by atoms with Crippen molar-refractivity contribution in [1.82, 2.24) is 29.5 Å². The number of aromatic nitrogens is 1. The summed E-state index contributed by atoms with van der Waals surface area (Å²) in [5, 5.41) is 4.31. The van der Waals surface area contributed by atoms with Crippen molar-refractivity contribution >= 4 is 0 Å². The van der Waals surface area contributed by atoms with Crippen molar-refractivity contribution in [3.63, 3.8) is 0 Å². The van der Waals surface area contributed by atoms with Crippen LogP contribution < -0.4 is 0 Å². The van der Waals surface area contributed by atoms with Crippen LogP contribution in [0, 0.1) is 37.0 Å². The Hall–Kier alpha value is -1.01. The smallest absolute Gasteiger partial charge is 0.0372 e. The average molecular weight is 1360 g/mol. The van der Waals surface area contributed by atoms with Crippen LogP contribution in [-0.4, -0.2) is 141 Å². The van der Waals surface area contributed by atoms with Gasteiger partial charge in [-0.1, -0.05) is 170 Å². The molecule has 0 atom stereocenters. The van der Waals surface area contributed by atoms with E-state index in [2.05, 4.69) is 208 Å². The number of rotatable bonds is 7. The fraction of sp³-hybridized carbons (Fsp3) is 0.750. The standard InChI is InChI=1S/2C9H17N.C9H13N.C9H12.C8H18N2.2C8H16N.C2H6.2CH4.2W/c2*1-8(2)9-4-6-10(3)7-5-9;1-7(2)9-5-4-8(3)10-6-9;1-8(2)9-6-4-3-5-7-9;1-8(2)10-6-4-9(3)5-7-10;1-7(2)8-3-5-9-6-4-8;1-8(2)9-6-4-3-5-7-9;1-2;;;;/h2*4,8H,5-7H2,1-3H3;4-7H,1-3H3;3-8H,1-2H3;8H,4-7H2,1-3H3;7-8H,3-6H2,1-2H3;3,8H,4-7H2,1-2H3;1-2H3;2*1H4;;/q;;;;;2*-1;;;;;. The molecule has 1 aromatic heterocycles. The molecule has 0 saturated carbocycles. The Balaban J connectivity index is -0.000000243. The van der Waals surface area contributed by atoms with E-state index in [-0.39, 0.29) is 57.0 Å². The quantitative estimate of drug-likeness (QED) is 0.203. The van der Waals surface area contributed by atoms with Gasteiger partial charge in [0.15, 0.2) is 0 Å². The molecule has 0 spiro atoms. The molecule has 0 bridgehead atoms. The maximum Gasteiger partial charge on any atom is 0.0372 e. The normalized spacial score (nSPS) is 17.6. The van der Waals surface area contributed by atoms with E-state index < -0.39 is 0 Å². The van der Waals surface area contributed by atoms with E-state index in [1.165, 1.54) is 102 Å². The summed E-state index contributed by atoms with van der Waals surface area (Å²) in [4.78, 5) is 16.3. The third-order valence-corrected chi connectivity index (χ3v) is 13.9. The van der Waals surface area contributed by atoms with Gasteiger partial charge in [0.05, 0.1) is 0 Å². The van der Waals surface area contributed by atoms with Gasteiger partial charge in [-0.15, -0.1) is 13.1 Å². The maximum atomic E-state index is 4.31.